The van der Waals surface area contributed by atoms with Crippen LogP contribution in [-0.4, -0.2) is 45.7 Å². The van der Waals surface area contributed by atoms with Gasteiger partial charge in [-0.3, -0.25) is 9.59 Å². The predicted molar refractivity (Wildman–Crippen MR) is 229 cm³/mol. The van der Waals surface area contributed by atoms with Crippen LogP contribution in [0.3, 0.4) is 0 Å². The Balaban J connectivity index is 0.000000207. The SMILES string of the molecule is CC(=O)C1[C@H]2CC(O[Si](c3ccccc3)(c3ccccc3)C(C)(C)C)C[C@@H]12.CC(C)(C)[Si](OC1C[C@@H]2C(C(=O)O)[C@@H]2C1)(c1ccccc1)c1ccccc1.[CH3-].[Li+]. The Labute approximate surface area is 350 Å². The minimum Gasteiger partial charge on any atom is -0.481 e. The number of carboxylic acid groups (broad SMARTS) is 1. The second-order valence-electron chi connectivity index (χ2n) is 18.4. The van der Waals surface area contributed by atoms with Crippen molar-refractivity contribution in [3.63, 3.8) is 0 Å². The van der Waals surface area contributed by atoms with Crippen molar-refractivity contribution in [1.29, 1.82) is 0 Å². The maximum Gasteiger partial charge on any atom is 1.00 e. The zero-order valence-electron chi connectivity index (χ0n) is 35.1. The third-order valence-electron chi connectivity index (χ3n) is 13.1. The molecule has 4 unspecified atom stereocenters. The van der Waals surface area contributed by atoms with Gasteiger partial charge in [0.25, 0.3) is 16.6 Å². The fraction of sp³-hybridized carbons (Fsp3) is 0.438. The van der Waals surface area contributed by atoms with Crippen molar-refractivity contribution in [3.05, 3.63) is 129 Å². The largest absolute Gasteiger partial charge is 1.00 e. The molecule has 8 atom stereocenters. The van der Waals surface area contributed by atoms with Gasteiger partial charge in [-0.25, -0.2) is 0 Å². The third kappa shape index (κ3) is 8.15. The molecule has 0 aromatic heterocycles. The smallest absolute Gasteiger partial charge is 0.481 e. The van der Waals surface area contributed by atoms with Crippen molar-refractivity contribution in [3.8, 4) is 0 Å². The van der Waals surface area contributed by atoms with Gasteiger partial charge in [-0.15, -0.1) is 0 Å². The first-order valence-corrected chi connectivity index (χ1v) is 23.8. The molecule has 0 saturated heterocycles. The van der Waals surface area contributed by atoms with Gasteiger partial charge < -0.3 is 21.4 Å². The van der Waals surface area contributed by atoms with Gasteiger partial charge in [-0.1, -0.05) is 163 Å². The average molecular weight is 781 g/mol. The summed E-state index contributed by atoms with van der Waals surface area (Å²) in [5.74, 6) is 1.66. The van der Waals surface area contributed by atoms with E-state index in [1.54, 1.807) is 6.92 Å². The molecule has 4 aromatic carbocycles. The molecule has 4 aliphatic rings. The maximum absolute atomic E-state index is 11.8. The topological polar surface area (TPSA) is 72.8 Å². The van der Waals surface area contributed by atoms with E-state index in [0.717, 1.165) is 25.7 Å². The Morgan fingerprint density at radius 2 is 0.768 bits per heavy atom. The quantitative estimate of drug-likeness (QED) is 0.175. The van der Waals surface area contributed by atoms with E-state index in [2.05, 4.69) is 163 Å². The Bertz CT molecular complexity index is 1670. The summed E-state index contributed by atoms with van der Waals surface area (Å²) in [6.07, 6.45) is 4.26. The van der Waals surface area contributed by atoms with E-state index in [0.29, 0.717) is 35.4 Å². The van der Waals surface area contributed by atoms with Crippen LogP contribution in [0.15, 0.2) is 121 Å². The molecule has 0 heterocycles. The maximum atomic E-state index is 11.8. The number of hydrogen-bond donors (Lipinski definition) is 1. The van der Waals surface area contributed by atoms with E-state index in [4.69, 9.17) is 8.85 Å². The molecule has 4 aliphatic carbocycles. The zero-order valence-corrected chi connectivity index (χ0v) is 37.1. The van der Waals surface area contributed by atoms with Crippen molar-refractivity contribution in [2.75, 3.05) is 0 Å². The number of fused-ring (bicyclic) bond motifs is 2. The number of rotatable bonds is 10. The Morgan fingerprint density at radius 1 is 0.518 bits per heavy atom. The van der Waals surface area contributed by atoms with Gasteiger partial charge in [0.2, 0.25) is 0 Å². The molecule has 8 rings (SSSR count). The van der Waals surface area contributed by atoms with Crippen LogP contribution in [0, 0.1) is 42.9 Å². The number of carbonyl (C=O) groups is 2. The van der Waals surface area contributed by atoms with Crippen molar-refractivity contribution in [2.24, 2.45) is 35.5 Å². The summed E-state index contributed by atoms with van der Waals surface area (Å²) in [5, 5.41) is 14.6. The van der Waals surface area contributed by atoms with E-state index < -0.39 is 22.6 Å². The molecule has 0 bridgehead atoms. The minimum absolute atomic E-state index is 0. The summed E-state index contributed by atoms with van der Waals surface area (Å²) >= 11 is 0. The fourth-order valence-electron chi connectivity index (χ4n) is 10.6. The Kier molecular flexibility index (Phi) is 13.4. The number of aliphatic carboxylic acids is 1. The van der Waals surface area contributed by atoms with Crippen LogP contribution in [0.25, 0.3) is 0 Å². The number of hydrogen-bond acceptors (Lipinski definition) is 4. The van der Waals surface area contributed by atoms with Gasteiger partial charge in [0.05, 0.1) is 5.92 Å². The van der Waals surface area contributed by atoms with E-state index >= 15 is 0 Å². The number of carboxylic acids is 1. The van der Waals surface area contributed by atoms with Gasteiger partial charge in [0.1, 0.15) is 5.78 Å². The van der Waals surface area contributed by atoms with E-state index in [1.807, 2.05) is 0 Å². The average Bonchev–Trinajstić information content (AvgIpc) is 3.90. The molecule has 0 spiro atoms. The van der Waals surface area contributed by atoms with Gasteiger partial charge in [0.15, 0.2) is 0 Å². The fourth-order valence-corrected chi connectivity index (χ4v) is 20.0. The minimum atomic E-state index is -2.52. The van der Waals surface area contributed by atoms with Gasteiger partial charge in [-0.05, 0) is 87.1 Å². The van der Waals surface area contributed by atoms with E-state index in [9.17, 15) is 14.7 Å². The molecule has 56 heavy (non-hydrogen) atoms. The monoisotopic (exact) mass is 780 g/mol. The summed E-state index contributed by atoms with van der Waals surface area (Å²) in [6, 6.07) is 43.0. The first kappa shape index (κ1) is 44.1. The normalized spacial score (nSPS) is 26.3. The van der Waals surface area contributed by atoms with Crippen molar-refractivity contribution < 1.29 is 42.4 Å². The van der Waals surface area contributed by atoms with Crippen LogP contribution in [0.4, 0.5) is 0 Å². The molecule has 1 N–H and O–H groups in total. The van der Waals surface area contributed by atoms with E-state index in [-0.39, 0.29) is 54.5 Å². The van der Waals surface area contributed by atoms with Crippen LogP contribution >= 0.6 is 0 Å². The predicted octanol–water partition coefficient (Wildman–Crippen LogP) is 5.30. The molecule has 292 valence electrons. The Hall–Kier alpha value is -3.03. The summed E-state index contributed by atoms with van der Waals surface area (Å²) in [7, 11) is -4.98. The summed E-state index contributed by atoms with van der Waals surface area (Å²) < 4.78 is 14.3. The van der Waals surface area contributed by atoms with Crippen molar-refractivity contribution >= 4 is 49.1 Å². The number of Topliss-reactive ketones (excluding diaryl/α,β-unsaturated/α-hetero) is 1. The molecule has 8 heteroatoms. The molecule has 4 saturated carbocycles. The summed E-state index contributed by atoms with van der Waals surface area (Å²) in [5.41, 5.74) is 0. The molecular formula is C48H61LiO5Si2. The molecule has 0 amide bonds. The van der Waals surface area contributed by atoms with Crippen molar-refractivity contribution in [2.45, 2.75) is 96.4 Å². The first-order valence-electron chi connectivity index (χ1n) is 20.0. The Morgan fingerprint density at radius 3 is 0.982 bits per heavy atom. The summed E-state index contributed by atoms with van der Waals surface area (Å²) in [4.78, 5) is 23.1. The zero-order chi connectivity index (χ0) is 38.5. The standard InChI is InChI=1S/C24H30O2Si.C23H28O3Si.CH3.Li/c1-17(25)23-21-15-18(16-22(21)23)26-27(24(2,3)4,19-11-7-5-8-12-19)20-13-9-6-10-14-20;1-23(2,3)27(17-10-6-4-7-11-17,18-12-8-5-9-13-18)26-16-14-19-20(15-16)21(19)22(24)25;;/h5-14,18,21-23H,15-16H2,1-4H3;4-13,16,19-21H,14-15H2,1-3H3,(H,24,25);1H3;/q;;-1;+1/t18?,21-,22+,23?;16?,19-,20+,21?;;. The second-order valence-corrected chi connectivity index (χ2v) is 26.9. The summed E-state index contributed by atoms with van der Waals surface area (Å²) in [6.45, 7) is 15.6. The second kappa shape index (κ2) is 17.1. The van der Waals surface area contributed by atoms with Crippen LogP contribution in [0.5, 0.6) is 0 Å². The van der Waals surface area contributed by atoms with Crippen LogP contribution in [0.2, 0.25) is 10.1 Å². The van der Waals surface area contributed by atoms with Crippen molar-refractivity contribution in [1.82, 2.24) is 0 Å². The van der Waals surface area contributed by atoms with Crippen LogP contribution in [-0.2, 0) is 18.4 Å². The number of carbonyl (C=O) groups excluding carboxylic acids is 1. The van der Waals surface area contributed by atoms with Gasteiger partial charge in [-0.2, -0.15) is 0 Å². The molecule has 4 aromatic rings. The molecular weight excluding hydrogens is 720 g/mol. The first-order chi connectivity index (χ1) is 25.7. The van der Waals surface area contributed by atoms with Crippen LogP contribution < -0.4 is 39.6 Å². The third-order valence-corrected chi connectivity index (χ3v) is 23.3. The van der Waals surface area contributed by atoms with Gasteiger partial charge >= 0.3 is 24.8 Å². The van der Waals surface area contributed by atoms with Gasteiger partial charge in [0, 0.05) is 18.1 Å². The number of ketones is 1. The van der Waals surface area contributed by atoms with Crippen LogP contribution in [0.1, 0.15) is 74.1 Å². The van der Waals surface area contributed by atoms with E-state index in [1.165, 1.54) is 20.7 Å². The molecule has 4 fully saturated rings. The molecule has 0 aliphatic heterocycles. The molecule has 5 nitrogen and oxygen atoms in total. The number of benzene rings is 4. The molecule has 0 radical (unpaired) electrons.